The van der Waals surface area contributed by atoms with E-state index >= 15 is 0 Å². The Balaban J connectivity index is 2.36. The SMILES string of the molecule is C=C1C(C)=CC(c2ccccc2)=C(c2c(F)cccc2Cl)N1C. The summed E-state index contributed by atoms with van der Waals surface area (Å²) in [7, 11) is 1.89. The summed E-state index contributed by atoms with van der Waals surface area (Å²) in [6.45, 7) is 6.10. The summed E-state index contributed by atoms with van der Waals surface area (Å²) in [5.74, 6) is -0.339. The van der Waals surface area contributed by atoms with Gasteiger partial charge < -0.3 is 4.90 Å². The van der Waals surface area contributed by atoms with Crippen LogP contribution in [0.5, 0.6) is 0 Å². The zero-order chi connectivity index (χ0) is 16.6. The van der Waals surface area contributed by atoms with E-state index in [9.17, 15) is 4.39 Å². The molecule has 0 N–H and O–H groups in total. The summed E-state index contributed by atoms with van der Waals surface area (Å²) in [6.07, 6.45) is 2.04. The van der Waals surface area contributed by atoms with Crippen LogP contribution in [0.1, 0.15) is 18.1 Å². The normalized spacial score (nSPS) is 15.0. The Hall–Kier alpha value is -2.32. The fourth-order valence-corrected chi connectivity index (χ4v) is 3.07. The summed E-state index contributed by atoms with van der Waals surface area (Å²) < 4.78 is 14.5. The molecular formula is C20H17ClFN. The second-order valence-electron chi connectivity index (χ2n) is 5.56. The summed E-state index contributed by atoms with van der Waals surface area (Å²) >= 11 is 6.31. The van der Waals surface area contributed by atoms with E-state index in [4.69, 9.17) is 11.6 Å². The third-order valence-corrected chi connectivity index (χ3v) is 4.41. The van der Waals surface area contributed by atoms with Crippen LogP contribution in [0, 0.1) is 5.82 Å². The summed E-state index contributed by atoms with van der Waals surface area (Å²) in [4.78, 5) is 1.90. The maximum atomic E-state index is 14.5. The first-order valence-corrected chi connectivity index (χ1v) is 7.74. The van der Waals surface area contributed by atoms with Crippen LogP contribution in [-0.2, 0) is 0 Å². The van der Waals surface area contributed by atoms with Crippen molar-refractivity contribution < 1.29 is 4.39 Å². The van der Waals surface area contributed by atoms with Gasteiger partial charge in [-0.3, -0.25) is 0 Å². The van der Waals surface area contributed by atoms with E-state index in [1.54, 1.807) is 12.1 Å². The van der Waals surface area contributed by atoms with E-state index in [1.165, 1.54) is 6.07 Å². The number of nitrogens with zero attached hydrogens (tertiary/aromatic N) is 1. The average molecular weight is 326 g/mol. The summed E-state index contributed by atoms with van der Waals surface area (Å²) in [5, 5.41) is 0.390. The molecule has 2 aromatic carbocycles. The van der Waals surface area contributed by atoms with Gasteiger partial charge >= 0.3 is 0 Å². The minimum absolute atomic E-state index is 0.339. The lowest BCUT2D eigenvalue weighted by Gasteiger charge is -2.32. The Labute approximate surface area is 141 Å². The molecule has 0 atom stereocenters. The van der Waals surface area contributed by atoms with Crippen molar-refractivity contribution in [3.63, 3.8) is 0 Å². The van der Waals surface area contributed by atoms with E-state index < -0.39 is 0 Å². The lowest BCUT2D eigenvalue weighted by atomic mass is 9.92. The molecule has 1 nitrogen and oxygen atoms in total. The number of hydrogen-bond acceptors (Lipinski definition) is 1. The second-order valence-corrected chi connectivity index (χ2v) is 5.97. The predicted octanol–water partition coefficient (Wildman–Crippen LogP) is 5.75. The van der Waals surface area contributed by atoms with Crippen LogP contribution in [0.25, 0.3) is 11.3 Å². The first kappa shape index (κ1) is 15.6. The first-order valence-electron chi connectivity index (χ1n) is 7.36. The van der Waals surface area contributed by atoms with Crippen molar-refractivity contribution in [1.82, 2.24) is 4.90 Å². The minimum Gasteiger partial charge on any atom is -0.344 e. The van der Waals surface area contributed by atoms with Crippen molar-refractivity contribution in [2.45, 2.75) is 6.92 Å². The number of allylic oxidation sites excluding steroid dienone is 3. The van der Waals surface area contributed by atoms with Gasteiger partial charge in [-0.05, 0) is 36.3 Å². The van der Waals surface area contributed by atoms with E-state index in [-0.39, 0.29) is 5.82 Å². The molecule has 0 spiro atoms. The Morgan fingerprint density at radius 1 is 1.04 bits per heavy atom. The largest absolute Gasteiger partial charge is 0.344 e. The molecule has 23 heavy (non-hydrogen) atoms. The van der Waals surface area contributed by atoms with E-state index in [0.717, 1.165) is 28.1 Å². The fourth-order valence-electron chi connectivity index (χ4n) is 2.81. The maximum Gasteiger partial charge on any atom is 0.134 e. The molecule has 0 aliphatic carbocycles. The molecule has 0 unspecified atom stereocenters. The van der Waals surface area contributed by atoms with Crippen LogP contribution in [0.4, 0.5) is 4.39 Å². The van der Waals surface area contributed by atoms with E-state index in [1.807, 2.05) is 55.3 Å². The van der Waals surface area contributed by atoms with Gasteiger partial charge in [0.2, 0.25) is 0 Å². The van der Waals surface area contributed by atoms with Gasteiger partial charge in [-0.25, -0.2) is 4.39 Å². The number of hydrogen-bond donors (Lipinski definition) is 0. The molecule has 1 aliphatic rings. The van der Waals surface area contributed by atoms with Crippen molar-refractivity contribution in [2.75, 3.05) is 7.05 Å². The Morgan fingerprint density at radius 2 is 1.74 bits per heavy atom. The standard InChI is InChI=1S/C20H17ClFN/c1-13-12-16(15-8-5-4-6-9-15)20(23(3)14(13)2)19-17(21)10-7-11-18(19)22/h4-12H,2H2,1,3H3. The van der Waals surface area contributed by atoms with E-state index in [2.05, 4.69) is 6.58 Å². The molecule has 0 radical (unpaired) electrons. The maximum absolute atomic E-state index is 14.5. The van der Waals surface area contributed by atoms with Crippen molar-refractivity contribution in [2.24, 2.45) is 0 Å². The highest BCUT2D eigenvalue weighted by Crippen LogP contribution is 2.41. The zero-order valence-electron chi connectivity index (χ0n) is 13.1. The Bertz CT molecular complexity index is 814. The van der Waals surface area contributed by atoms with Crippen molar-refractivity contribution in [3.8, 4) is 0 Å². The van der Waals surface area contributed by atoms with Crippen LogP contribution in [0.15, 0.2) is 72.5 Å². The van der Waals surface area contributed by atoms with Gasteiger partial charge in [0.05, 0.1) is 16.3 Å². The number of benzene rings is 2. The monoisotopic (exact) mass is 325 g/mol. The molecule has 3 rings (SSSR count). The van der Waals surface area contributed by atoms with Gasteiger partial charge in [-0.15, -0.1) is 0 Å². The van der Waals surface area contributed by atoms with Crippen molar-refractivity contribution >= 4 is 22.9 Å². The molecule has 0 fully saturated rings. The highest BCUT2D eigenvalue weighted by molar-refractivity contribution is 6.32. The number of likely N-dealkylation sites (N-methyl/N-ethyl adjacent to an activating group) is 1. The van der Waals surface area contributed by atoms with Gasteiger partial charge in [0, 0.05) is 18.3 Å². The molecule has 0 saturated heterocycles. The van der Waals surface area contributed by atoms with Gasteiger partial charge in [-0.1, -0.05) is 54.6 Å². The predicted molar refractivity (Wildman–Crippen MR) is 95.3 cm³/mol. The molecule has 0 aromatic heterocycles. The Morgan fingerprint density at radius 3 is 2.39 bits per heavy atom. The van der Waals surface area contributed by atoms with E-state index in [0.29, 0.717) is 10.6 Å². The highest BCUT2D eigenvalue weighted by Gasteiger charge is 2.25. The van der Waals surface area contributed by atoms with Crippen LogP contribution in [-0.4, -0.2) is 11.9 Å². The molecule has 0 saturated carbocycles. The first-order chi connectivity index (χ1) is 11.0. The Kier molecular flexibility index (Phi) is 4.10. The molecule has 3 heteroatoms. The van der Waals surface area contributed by atoms with Crippen molar-refractivity contribution in [1.29, 1.82) is 0 Å². The molecule has 0 bridgehead atoms. The van der Waals surface area contributed by atoms with Crippen molar-refractivity contribution in [3.05, 3.63) is 94.4 Å². The lowest BCUT2D eigenvalue weighted by molar-refractivity contribution is 0.582. The van der Waals surface area contributed by atoms with Crippen LogP contribution in [0.2, 0.25) is 5.02 Å². The average Bonchev–Trinajstić information content (AvgIpc) is 2.55. The third kappa shape index (κ3) is 2.71. The fraction of sp³-hybridized carbons (Fsp3) is 0.100. The molecule has 0 amide bonds. The smallest absolute Gasteiger partial charge is 0.134 e. The third-order valence-electron chi connectivity index (χ3n) is 4.10. The van der Waals surface area contributed by atoms with Gasteiger partial charge in [0.25, 0.3) is 0 Å². The molecular weight excluding hydrogens is 309 g/mol. The molecule has 116 valence electrons. The molecule has 1 heterocycles. The zero-order valence-corrected chi connectivity index (χ0v) is 13.9. The van der Waals surface area contributed by atoms with Gasteiger partial charge in [0.15, 0.2) is 0 Å². The quantitative estimate of drug-likeness (QED) is 0.679. The number of rotatable bonds is 2. The topological polar surface area (TPSA) is 3.24 Å². The van der Waals surface area contributed by atoms with Crippen LogP contribution < -0.4 is 0 Å². The molecule has 1 aliphatic heterocycles. The minimum atomic E-state index is -0.339. The summed E-state index contributed by atoms with van der Waals surface area (Å²) in [6, 6.07) is 14.7. The molecule has 2 aromatic rings. The lowest BCUT2D eigenvalue weighted by Crippen LogP contribution is -2.21. The number of halogens is 2. The highest BCUT2D eigenvalue weighted by atomic mass is 35.5. The van der Waals surface area contributed by atoms with Crippen LogP contribution in [0.3, 0.4) is 0 Å². The summed E-state index contributed by atoms with van der Waals surface area (Å²) in [5.41, 5.74) is 4.96. The second kappa shape index (κ2) is 6.05. The van der Waals surface area contributed by atoms with Gasteiger partial charge in [-0.2, -0.15) is 0 Å². The van der Waals surface area contributed by atoms with Gasteiger partial charge in [0.1, 0.15) is 5.82 Å². The van der Waals surface area contributed by atoms with Crippen LogP contribution >= 0.6 is 11.6 Å².